The minimum Gasteiger partial charge on any atom is -0.344 e. The molecule has 0 bridgehead atoms. The molecule has 5 rings (SSSR count). The van der Waals surface area contributed by atoms with Gasteiger partial charge in [-0.25, -0.2) is 8.42 Å². The van der Waals surface area contributed by atoms with Gasteiger partial charge in [0.05, 0.1) is 18.2 Å². The third-order valence-corrected chi connectivity index (χ3v) is 10.8. The van der Waals surface area contributed by atoms with Gasteiger partial charge in [-0.3, -0.25) is 14.4 Å². The molecule has 3 aliphatic heterocycles. The molecule has 3 amide bonds. The minimum atomic E-state index is -3.57. The summed E-state index contributed by atoms with van der Waals surface area (Å²) in [5.41, 5.74) is 2.20. The second-order valence-electron chi connectivity index (χ2n) is 12.0. The zero-order valence-corrected chi connectivity index (χ0v) is 24.2. The second-order valence-corrected chi connectivity index (χ2v) is 13.9. The van der Waals surface area contributed by atoms with E-state index in [1.165, 1.54) is 10.6 Å². The van der Waals surface area contributed by atoms with Gasteiger partial charge in [0.15, 0.2) is 0 Å². The topological polar surface area (TPSA) is 107 Å². The van der Waals surface area contributed by atoms with E-state index in [1.807, 2.05) is 38.1 Å². The Hall–Kier alpha value is -2.46. The molecular weight excluding hydrogens is 516 g/mol. The summed E-state index contributed by atoms with van der Waals surface area (Å²) in [5, 5.41) is 3.09. The van der Waals surface area contributed by atoms with Crippen LogP contribution in [0.15, 0.2) is 24.3 Å². The van der Waals surface area contributed by atoms with Gasteiger partial charge in [0.25, 0.3) is 0 Å². The highest BCUT2D eigenvalue weighted by Gasteiger charge is 2.57. The smallest absolute Gasteiger partial charge is 0.245 e. The number of hydrogen-bond donors (Lipinski definition) is 1. The van der Waals surface area contributed by atoms with E-state index >= 15 is 0 Å². The van der Waals surface area contributed by atoms with Gasteiger partial charge in [-0.2, -0.15) is 4.31 Å². The lowest BCUT2D eigenvalue weighted by molar-refractivity contribution is -0.143. The van der Waals surface area contributed by atoms with Crippen molar-refractivity contribution in [3.8, 4) is 0 Å². The van der Waals surface area contributed by atoms with Gasteiger partial charge < -0.3 is 15.1 Å². The van der Waals surface area contributed by atoms with Crippen LogP contribution in [0.1, 0.15) is 69.9 Å². The molecule has 1 N–H and O–H groups in total. The fourth-order valence-corrected chi connectivity index (χ4v) is 8.28. The summed E-state index contributed by atoms with van der Waals surface area (Å²) in [4.78, 5) is 44.8. The van der Waals surface area contributed by atoms with Gasteiger partial charge in [-0.05, 0) is 42.7 Å². The van der Waals surface area contributed by atoms with E-state index in [0.29, 0.717) is 32.5 Å². The van der Waals surface area contributed by atoms with Crippen molar-refractivity contribution in [1.82, 2.24) is 19.4 Å². The zero-order chi connectivity index (χ0) is 27.9. The van der Waals surface area contributed by atoms with Crippen LogP contribution in [0.5, 0.6) is 0 Å². The molecule has 3 heterocycles. The Morgan fingerprint density at radius 3 is 2.26 bits per heavy atom. The molecule has 4 aliphatic rings. The number of nitrogens with zero attached hydrogens (tertiary/aromatic N) is 3. The van der Waals surface area contributed by atoms with Gasteiger partial charge in [0.2, 0.25) is 27.7 Å². The molecule has 10 heteroatoms. The summed E-state index contributed by atoms with van der Waals surface area (Å²) in [6.07, 6.45) is 7.30. The van der Waals surface area contributed by atoms with E-state index in [1.54, 1.807) is 9.80 Å². The number of hydrogen-bond acceptors (Lipinski definition) is 5. The van der Waals surface area contributed by atoms with Crippen molar-refractivity contribution < 1.29 is 22.8 Å². The molecule has 1 aromatic carbocycles. The predicted octanol–water partition coefficient (Wildman–Crippen LogP) is 2.50. The Morgan fingerprint density at radius 1 is 1.03 bits per heavy atom. The zero-order valence-electron chi connectivity index (χ0n) is 23.3. The third kappa shape index (κ3) is 5.46. The van der Waals surface area contributed by atoms with Gasteiger partial charge in [0, 0.05) is 38.1 Å². The first-order valence-corrected chi connectivity index (χ1v) is 16.4. The van der Waals surface area contributed by atoms with Crippen LogP contribution in [-0.2, 0) is 37.5 Å². The predicted molar refractivity (Wildman–Crippen MR) is 148 cm³/mol. The van der Waals surface area contributed by atoms with Crippen molar-refractivity contribution in [1.29, 1.82) is 0 Å². The second kappa shape index (κ2) is 11.2. The highest BCUT2D eigenvalue weighted by Crippen LogP contribution is 2.40. The van der Waals surface area contributed by atoms with Crippen molar-refractivity contribution in [3.63, 3.8) is 0 Å². The maximum absolute atomic E-state index is 14.3. The molecular formula is C29H42N4O5S. The Kier molecular flexibility index (Phi) is 8.06. The highest BCUT2D eigenvalue weighted by atomic mass is 32.2. The summed E-state index contributed by atoms with van der Waals surface area (Å²) in [7, 11) is -3.57. The molecule has 9 nitrogen and oxygen atoms in total. The maximum atomic E-state index is 14.3. The number of carbonyl (C=O) groups excluding carboxylic acids is 3. The van der Waals surface area contributed by atoms with Crippen molar-refractivity contribution in [2.75, 3.05) is 19.3 Å². The molecule has 214 valence electrons. The number of benzene rings is 1. The molecule has 0 aromatic heterocycles. The lowest BCUT2D eigenvalue weighted by Gasteiger charge is -2.37. The molecule has 39 heavy (non-hydrogen) atoms. The van der Waals surface area contributed by atoms with Gasteiger partial charge in [-0.1, -0.05) is 57.4 Å². The summed E-state index contributed by atoms with van der Waals surface area (Å²) >= 11 is 0. The molecule has 1 aliphatic carbocycles. The largest absolute Gasteiger partial charge is 0.344 e. The molecule has 0 spiro atoms. The molecule has 1 aromatic rings. The lowest BCUT2D eigenvalue weighted by atomic mass is 9.82. The summed E-state index contributed by atoms with van der Waals surface area (Å²) in [6.45, 7) is 5.27. The monoisotopic (exact) mass is 558 g/mol. The van der Waals surface area contributed by atoms with Crippen molar-refractivity contribution in [2.24, 2.45) is 17.8 Å². The van der Waals surface area contributed by atoms with Crippen LogP contribution < -0.4 is 5.32 Å². The van der Waals surface area contributed by atoms with Crippen LogP contribution >= 0.6 is 0 Å². The molecule has 1 saturated carbocycles. The van der Waals surface area contributed by atoms with E-state index in [9.17, 15) is 22.8 Å². The summed E-state index contributed by atoms with van der Waals surface area (Å²) in [6, 6.07) is 6.34. The quantitative estimate of drug-likeness (QED) is 0.554. The number of likely N-dealkylation sites (tertiary alicyclic amines) is 1. The summed E-state index contributed by atoms with van der Waals surface area (Å²) in [5.74, 6) is -1.18. The SMILES string of the molecule is CC[C@@H](C)C(=O)N[C@H](C(=O)N1CC[C@@H]2[C@H]1[C@@H](C(=O)N1Cc3ccccc3C1)CN2S(C)(=O)=O)C1CCCCC1. The Labute approximate surface area is 232 Å². The number of nitrogens with one attached hydrogen (secondary N) is 1. The number of sulfonamides is 1. The Bertz CT molecular complexity index is 1190. The maximum Gasteiger partial charge on any atom is 0.245 e. The number of rotatable bonds is 7. The van der Waals surface area contributed by atoms with Crippen molar-refractivity contribution in [3.05, 3.63) is 35.4 Å². The Balaban J connectivity index is 1.42. The third-order valence-electron chi connectivity index (χ3n) is 9.50. The lowest BCUT2D eigenvalue weighted by Crippen LogP contribution is -2.57. The fourth-order valence-electron chi connectivity index (χ4n) is 7.13. The van der Waals surface area contributed by atoms with Gasteiger partial charge in [0.1, 0.15) is 6.04 Å². The average Bonchev–Trinajstić information content (AvgIpc) is 3.64. The van der Waals surface area contributed by atoms with Gasteiger partial charge in [-0.15, -0.1) is 0 Å². The van der Waals surface area contributed by atoms with E-state index in [4.69, 9.17) is 0 Å². The van der Waals surface area contributed by atoms with E-state index in [2.05, 4.69) is 5.32 Å². The van der Waals surface area contributed by atoms with Crippen LogP contribution in [-0.4, -0.2) is 77.7 Å². The van der Waals surface area contributed by atoms with Crippen molar-refractivity contribution >= 4 is 27.7 Å². The van der Waals surface area contributed by atoms with E-state index < -0.39 is 34.1 Å². The van der Waals surface area contributed by atoms with Crippen LogP contribution in [0.4, 0.5) is 0 Å². The molecule has 5 atom stereocenters. The molecule has 0 unspecified atom stereocenters. The fraction of sp³-hybridized carbons (Fsp3) is 0.690. The Morgan fingerprint density at radius 2 is 1.67 bits per heavy atom. The van der Waals surface area contributed by atoms with Crippen LogP contribution in [0.2, 0.25) is 0 Å². The van der Waals surface area contributed by atoms with Crippen molar-refractivity contribution in [2.45, 2.75) is 90.0 Å². The number of carbonyl (C=O) groups is 3. The summed E-state index contributed by atoms with van der Waals surface area (Å²) < 4.78 is 27.0. The first kappa shape index (κ1) is 28.1. The molecule has 0 radical (unpaired) electrons. The average molecular weight is 559 g/mol. The van der Waals surface area contributed by atoms with E-state index in [0.717, 1.165) is 43.2 Å². The van der Waals surface area contributed by atoms with Crippen LogP contribution in [0.25, 0.3) is 0 Å². The number of fused-ring (bicyclic) bond motifs is 2. The first-order chi connectivity index (χ1) is 18.6. The van der Waals surface area contributed by atoms with E-state index in [-0.39, 0.29) is 36.1 Å². The minimum absolute atomic E-state index is 0.0490. The number of amides is 3. The van der Waals surface area contributed by atoms with Crippen LogP contribution in [0, 0.1) is 17.8 Å². The standard InChI is InChI=1S/C29H42N4O5S/c1-4-19(2)27(34)30-25(20-10-6-5-7-11-20)29(36)32-15-14-24-26(32)23(18-33(24)39(3,37)38)28(35)31-16-21-12-8-9-13-22(21)17-31/h8-9,12-13,19-20,23-26H,4-7,10-11,14-18H2,1-3H3,(H,30,34)/t19-,23+,24-,25+,26-/m1/s1. The molecule has 2 saturated heterocycles. The van der Waals surface area contributed by atoms with Gasteiger partial charge >= 0.3 is 0 Å². The molecule has 3 fully saturated rings. The first-order valence-electron chi connectivity index (χ1n) is 14.5. The normalized spacial score (nSPS) is 27.2. The highest BCUT2D eigenvalue weighted by molar-refractivity contribution is 7.88. The van der Waals surface area contributed by atoms with Crippen LogP contribution in [0.3, 0.4) is 0 Å².